The summed E-state index contributed by atoms with van der Waals surface area (Å²) < 4.78 is 0. The highest BCUT2D eigenvalue weighted by Gasteiger charge is 2.15. The number of benzene rings is 1. The molecule has 1 rings (SSSR count). The Labute approximate surface area is 99.5 Å². The van der Waals surface area contributed by atoms with Gasteiger partial charge in [-0.1, -0.05) is 45.2 Å². The summed E-state index contributed by atoms with van der Waals surface area (Å²) in [5.41, 5.74) is 2.39. The van der Waals surface area contributed by atoms with Crippen LogP contribution >= 0.6 is 0 Å². The Balaban J connectivity index is 2.78. The predicted molar refractivity (Wildman–Crippen MR) is 70.0 cm³/mol. The number of phenolic OH excluding ortho intramolecular Hbond substituents is 1. The Hall–Kier alpha value is -0.980. The predicted octanol–water partition coefficient (Wildman–Crippen LogP) is 4.77. The summed E-state index contributed by atoms with van der Waals surface area (Å²) in [5.74, 6) is 0.996. The maximum absolute atomic E-state index is 9.95. The van der Waals surface area contributed by atoms with Crippen LogP contribution in [0.5, 0.6) is 5.75 Å². The Morgan fingerprint density at radius 3 is 2.50 bits per heavy atom. The zero-order valence-corrected chi connectivity index (χ0v) is 10.8. The molecule has 1 unspecified atom stereocenters. The van der Waals surface area contributed by atoms with Crippen molar-refractivity contribution >= 4 is 0 Å². The molecule has 0 aliphatic carbocycles. The van der Waals surface area contributed by atoms with E-state index >= 15 is 0 Å². The molecule has 0 spiro atoms. The fourth-order valence-electron chi connectivity index (χ4n) is 2.39. The Morgan fingerprint density at radius 1 is 1.19 bits per heavy atom. The van der Waals surface area contributed by atoms with E-state index in [4.69, 9.17) is 0 Å². The lowest BCUT2D eigenvalue weighted by Crippen LogP contribution is -2.00. The van der Waals surface area contributed by atoms with E-state index in [1.807, 2.05) is 12.1 Å². The van der Waals surface area contributed by atoms with Crippen molar-refractivity contribution < 1.29 is 5.11 Å². The van der Waals surface area contributed by atoms with Gasteiger partial charge in [-0.25, -0.2) is 0 Å². The highest BCUT2D eigenvalue weighted by atomic mass is 16.3. The van der Waals surface area contributed by atoms with Crippen LogP contribution in [-0.2, 0) is 0 Å². The molecule has 1 heteroatoms. The van der Waals surface area contributed by atoms with Gasteiger partial charge in [0.15, 0.2) is 0 Å². The molecule has 0 saturated carbocycles. The molecule has 90 valence electrons. The van der Waals surface area contributed by atoms with Crippen LogP contribution in [0.3, 0.4) is 0 Å². The number of aryl methyl sites for hydroxylation is 1. The van der Waals surface area contributed by atoms with Crippen molar-refractivity contribution in [3.05, 3.63) is 29.3 Å². The number of rotatable bonds is 6. The lowest BCUT2D eigenvalue weighted by molar-refractivity contribution is 0.450. The van der Waals surface area contributed by atoms with Gasteiger partial charge >= 0.3 is 0 Å². The fourth-order valence-corrected chi connectivity index (χ4v) is 2.39. The number of hydrogen-bond donors (Lipinski definition) is 1. The molecule has 0 bridgehead atoms. The molecule has 1 N–H and O–H groups in total. The van der Waals surface area contributed by atoms with Gasteiger partial charge in [0, 0.05) is 0 Å². The minimum atomic E-state index is 0.475. The summed E-state index contributed by atoms with van der Waals surface area (Å²) in [5, 5.41) is 9.95. The number of aromatic hydroxyl groups is 1. The summed E-state index contributed by atoms with van der Waals surface area (Å²) in [4.78, 5) is 0. The van der Waals surface area contributed by atoms with E-state index in [0.717, 1.165) is 6.42 Å². The van der Waals surface area contributed by atoms with E-state index in [1.54, 1.807) is 0 Å². The van der Waals surface area contributed by atoms with Crippen LogP contribution in [0.1, 0.15) is 63.0 Å². The zero-order chi connectivity index (χ0) is 12.0. The molecule has 0 amide bonds. The average Bonchev–Trinajstić information content (AvgIpc) is 2.26. The SMILES string of the molecule is CCCCCC(CC)c1c(C)cccc1O. The average molecular weight is 220 g/mol. The second-order valence-corrected chi connectivity index (χ2v) is 4.61. The molecule has 0 saturated heterocycles. The van der Waals surface area contributed by atoms with Crippen molar-refractivity contribution in [1.82, 2.24) is 0 Å². The monoisotopic (exact) mass is 220 g/mol. The van der Waals surface area contributed by atoms with E-state index in [9.17, 15) is 5.11 Å². The Morgan fingerprint density at radius 2 is 1.94 bits per heavy atom. The summed E-state index contributed by atoms with van der Waals surface area (Å²) in [6.07, 6.45) is 6.13. The van der Waals surface area contributed by atoms with Crippen molar-refractivity contribution in [2.75, 3.05) is 0 Å². The molecule has 0 aromatic heterocycles. The normalized spacial score (nSPS) is 12.7. The fraction of sp³-hybridized carbons (Fsp3) is 0.600. The maximum atomic E-state index is 9.95. The number of hydrogen-bond acceptors (Lipinski definition) is 1. The highest BCUT2D eigenvalue weighted by Crippen LogP contribution is 2.34. The van der Waals surface area contributed by atoms with Gasteiger partial charge < -0.3 is 5.11 Å². The van der Waals surface area contributed by atoms with E-state index in [1.165, 1.54) is 36.8 Å². The minimum absolute atomic E-state index is 0.475. The van der Waals surface area contributed by atoms with E-state index < -0.39 is 0 Å². The third-order valence-electron chi connectivity index (χ3n) is 3.36. The van der Waals surface area contributed by atoms with Crippen LogP contribution in [0.4, 0.5) is 0 Å². The van der Waals surface area contributed by atoms with Crippen molar-refractivity contribution in [3.8, 4) is 5.75 Å². The summed E-state index contributed by atoms with van der Waals surface area (Å²) in [6.45, 7) is 6.53. The molecule has 1 atom stereocenters. The molecule has 0 fully saturated rings. The third-order valence-corrected chi connectivity index (χ3v) is 3.36. The molecule has 1 aromatic carbocycles. The molecule has 0 aliphatic rings. The van der Waals surface area contributed by atoms with Gasteiger partial charge in [-0.05, 0) is 42.9 Å². The van der Waals surface area contributed by atoms with Crippen molar-refractivity contribution in [2.24, 2.45) is 0 Å². The highest BCUT2D eigenvalue weighted by molar-refractivity contribution is 5.41. The second kappa shape index (κ2) is 6.57. The van der Waals surface area contributed by atoms with Crippen molar-refractivity contribution in [3.63, 3.8) is 0 Å². The molecule has 16 heavy (non-hydrogen) atoms. The summed E-state index contributed by atoms with van der Waals surface area (Å²) in [6, 6.07) is 5.83. The third kappa shape index (κ3) is 3.26. The topological polar surface area (TPSA) is 20.2 Å². The smallest absolute Gasteiger partial charge is 0.119 e. The molecule has 0 radical (unpaired) electrons. The molecular formula is C15H24O. The lowest BCUT2D eigenvalue weighted by atomic mass is 9.87. The molecule has 0 heterocycles. The van der Waals surface area contributed by atoms with Gasteiger partial charge in [0.1, 0.15) is 5.75 Å². The second-order valence-electron chi connectivity index (χ2n) is 4.61. The lowest BCUT2D eigenvalue weighted by Gasteiger charge is -2.18. The zero-order valence-electron chi connectivity index (χ0n) is 10.8. The van der Waals surface area contributed by atoms with Crippen LogP contribution in [0.25, 0.3) is 0 Å². The Bertz CT molecular complexity index is 297. The molecule has 0 aliphatic heterocycles. The van der Waals surface area contributed by atoms with Gasteiger partial charge in [0.25, 0.3) is 0 Å². The van der Waals surface area contributed by atoms with Gasteiger partial charge in [0.05, 0.1) is 0 Å². The quantitative estimate of drug-likeness (QED) is 0.684. The largest absolute Gasteiger partial charge is 0.508 e. The minimum Gasteiger partial charge on any atom is -0.508 e. The van der Waals surface area contributed by atoms with Crippen LogP contribution in [0.2, 0.25) is 0 Å². The number of unbranched alkanes of at least 4 members (excludes halogenated alkanes) is 2. The Kier molecular flexibility index (Phi) is 5.37. The summed E-state index contributed by atoms with van der Waals surface area (Å²) in [7, 11) is 0. The first kappa shape index (κ1) is 13.1. The molecule has 1 nitrogen and oxygen atoms in total. The summed E-state index contributed by atoms with van der Waals surface area (Å²) >= 11 is 0. The first-order valence-corrected chi connectivity index (χ1v) is 6.49. The van der Waals surface area contributed by atoms with Crippen molar-refractivity contribution in [1.29, 1.82) is 0 Å². The standard InChI is InChI=1S/C15H24O/c1-4-6-7-10-13(5-2)15-12(3)9-8-11-14(15)16/h8-9,11,13,16H,4-7,10H2,1-3H3. The van der Waals surface area contributed by atoms with E-state index in [2.05, 4.69) is 26.8 Å². The van der Waals surface area contributed by atoms with Crippen LogP contribution in [-0.4, -0.2) is 5.11 Å². The maximum Gasteiger partial charge on any atom is 0.119 e. The molecule has 1 aromatic rings. The van der Waals surface area contributed by atoms with Crippen LogP contribution in [0, 0.1) is 6.92 Å². The van der Waals surface area contributed by atoms with Gasteiger partial charge in [-0.2, -0.15) is 0 Å². The first-order valence-electron chi connectivity index (χ1n) is 6.49. The van der Waals surface area contributed by atoms with Gasteiger partial charge in [-0.3, -0.25) is 0 Å². The van der Waals surface area contributed by atoms with Crippen LogP contribution < -0.4 is 0 Å². The van der Waals surface area contributed by atoms with E-state index in [0.29, 0.717) is 11.7 Å². The first-order chi connectivity index (χ1) is 7.70. The molecular weight excluding hydrogens is 196 g/mol. The number of phenols is 1. The van der Waals surface area contributed by atoms with Crippen molar-refractivity contribution in [2.45, 2.75) is 58.8 Å². The van der Waals surface area contributed by atoms with Gasteiger partial charge in [0.2, 0.25) is 0 Å². The van der Waals surface area contributed by atoms with Gasteiger partial charge in [-0.15, -0.1) is 0 Å². The van der Waals surface area contributed by atoms with E-state index in [-0.39, 0.29) is 0 Å². The van der Waals surface area contributed by atoms with Crippen LogP contribution in [0.15, 0.2) is 18.2 Å².